The Balaban J connectivity index is 1.90. The lowest BCUT2D eigenvalue weighted by Gasteiger charge is -2.33. The number of hydrogen-bond donors (Lipinski definition) is 7. The lowest BCUT2D eigenvalue weighted by molar-refractivity contribution is -0.141. The molecule has 4 bridgehead atoms. The van der Waals surface area contributed by atoms with Crippen LogP contribution in [0.15, 0.2) is 36.4 Å². The topological polar surface area (TPSA) is 243 Å². The molecule has 2 aliphatic rings. The minimum Gasteiger partial charge on any atom is -0.492 e. The number of hydrogen-bond acceptors (Lipinski definition) is 11. The molecule has 2 heterocycles. The van der Waals surface area contributed by atoms with Gasteiger partial charge < -0.3 is 52.4 Å². The molecule has 9 N–H and O–H groups in total. The molecule has 2 aromatic carbocycles. The first-order valence-electron chi connectivity index (χ1n) is 17.1. The predicted octanol–water partition coefficient (Wildman–Crippen LogP) is 0.173. The number of fused-ring (bicyclic) bond motifs is 5. The molecule has 52 heavy (non-hydrogen) atoms. The number of benzene rings is 2. The number of ether oxygens (including phenoxy) is 2. The number of nitrogens with two attached hydrogens (primary N) is 2. The second-order valence-electron chi connectivity index (χ2n) is 12.6. The number of nitrogens with one attached hydrogen (secondary N) is 5. The van der Waals surface area contributed by atoms with Crippen molar-refractivity contribution in [3.8, 4) is 28.7 Å². The molecule has 2 aromatic rings. The van der Waals surface area contributed by atoms with Crippen LogP contribution >= 0.6 is 11.6 Å². The van der Waals surface area contributed by atoms with Crippen LogP contribution in [0.5, 0.6) is 11.5 Å². The molecular weight excluding hydrogens is 694 g/mol. The Labute approximate surface area is 307 Å². The lowest BCUT2D eigenvalue weighted by atomic mass is 9.93. The zero-order valence-corrected chi connectivity index (χ0v) is 30.0. The fourth-order valence-electron chi connectivity index (χ4n) is 6.31. The third kappa shape index (κ3) is 10.3. The second kappa shape index (κ2) is 19.0. The monoisotopic (exact) mass is 739 g/mol. The lowest BCUT2D eigenvalue weighted by Crippen LogP contribution is -2.56. The standard InChI is InChI=1S/C35H46ClN9O7/c1-20-31(46)43-26(32(47)41-13-9-37)17-21-5-7-28(51-14-10-38)24(16-21)25-18-22(6-8-29(25)52-15-11-39)30(33(48)42-20)45(2)34(49)27(44-35(36)50)19-23-4-3-12-40-23/h5-8,16,18,20,23,26-27,30,40H,3-4,10-15,17,19,38-39H2,1-2H3,(H,41,47)(H,42,48)(H,43,46)(H,44,50)/t20-,23-,26-,27-,30-/m0/s1. The summed E-state index contributed by atoms with van der Waals surface area (Å²) >= 11 is 5.71. The van der Waals surface area contributed by atoms with Crippen molar-refractivity contribution in [3.05, 3.63) is 47.5 Å². The molecule has 16 nitrogen and oxygen atoms in total. The summed E-state index contributed by atoms with van der Waals surface area (Å²) in [6.45, 7) is 2.68. The third-order valence-electron chi connectivity index (χ3n) is 8.82. The summed E-state index contributed by atoms with van der Waals surface area (Å²) in [6, 6.07) is 7.30. The Morgan fingerprint density at radius 3 is 2.33 bits per heavy atom. The van der Waals surface area contributed by atoms with E-state index in [4.69, 9.17) is 37.8 Å². The minimum absolute atomic E-state index is 0.0237. The Morgan fingerprint density at radius 2 is 1.71 bits per heavy atom. The Kier molecular flexibility index (Phi) is 14.6. The van der Waals surface area contributed by atoms with E-state index >= 15 is 0 Å². The Bertz CT molecular complexity index is 1660. The van der Waals surface area contributed by atoms with Crippen molar-refractivity contribution >= 4 is 40.6 Å². The summed E-state index contributed by atoms with van der Waals surface area (Å²) in [4.78, 5) is 68.4. The summed E-state index contributed by atoms with van der Waals surface area (Å²) < 4.78 is 12.1. The van der Waals surface area contributed by atoms with E-state index in [0.29, 0.717) is 33.8 Å². The van der Waals surface area contributed by atoms with E-state index in [1.165, 1.54) is 18.9 Å². The Morgan fingerprint density at radius 1 is 1.04 bits per heavy atom. The molecule has 1 saturated heterocycles. The van der Waals surface area contributed by atoms with Gasteiger partial charge in [-0.3, -0.25) is 24.0 Å². The number of rotatable bonds is 13. The van der Waals surface area contributed by atoms with Gasteiger partial charge in [-0.25, -0.2) is 0 Å². The van der Waals surface area contributed by atoms with E-state index in [0.717, 1.165) is 19.4 Å². The molecule has 1 fully saturated rings. The summed E-state index contributed by atoms with van der Waals surface area (Å²) in [7, 11) is 1.43. The van der Waals surface area contributed by atoms with Crippen LogP contribution in [0.3, 0.4) is 0 Å². The summed E-state index contributed by atoms with van der Waals surface area (Å²) in [6.07, 6.45) is 1.95. The highest BCUT2D eigenvalue weighted by molar-refractivity contribution is 6.63. The first-order valence-corrected chi connectivity index (χ1v) is 17.5. The SMILES string of the molecule is C[C@@H]1NC(=O)[C@@H](N(C)C(=O)[C@H](C[C@@H]2CCCN2)NC(=O)Cl)c2ccc(OCCN)c(c2)-c2cc(ccc2OCCN)C[C@@H](C(=O)NCC#N)NC1=O. The molecule has 5 atom stereocenters. The van der Waals surface area contributed by atoms with Crippen molar-refractivity contribution in [2.45, 2.75) is 62.8 Å². The average molecular weight is 740 g/mol. The first kappa shape index (κ1) is 39.8. The van der Waals surface area contributed by atoms with Crippen LogP contribution in [-0.2, 0) is 25.6 Å². The number of carbonyl (C=O) groups is 5. The Hall–Kier alpha value is -4.95. The molecule has 17 heteroatoms. The number of amides is 5. The van der Waals surface area contributed by atoms with Gasteiger partial charge in [0, 0.05) is 43.7 Å². The first-order chi connectivity index (χ1) is 25.0. The summed E-state index contributed by atoms with van der Waals surface area (Å²) in [5, 5.41) is 21.8. The van der Waals surface area contributed by atoms with E-state index in [-0.39, 0.29) is 51.7 Å². The van der Waals surface area contributed by atoms with Crippen molar-refractivity contribution in [1.82, 2.24) is 31.5 Å². The number of halogens is 1. The van der Waals surface area contributed by atoms with Gasteiger partial charge in [-0.05, 0) is 79.7 Å². The van der Waals surface area contributed by atoms with Crippen molar-refractivity contribution in [1.29, 1.82) is 5.26 Å². The largest absolute Gasteiger partial charge is 0.492 e. The molecule has 0 spiro atoms. The molecule has 0 saturated carbocycles. The number of carbonyl (C=O) groups excluding carboxylic acids is 5. The van der Waals surface area contributed by atoms with Gasteiger partial charge in [-0.2, -0.15) is 5.26 Å². The number of nitriles is 1. The van der Waals surface area contributed by atoms with Gasteiger partial charge in [-0.15, -0.1) is 0 Å². The molecule has 0 unspecified atom stereocenters. The van der Waals surface area contributed by atoms with Gasteiger partial charge in [0.05, 0.1) is 6.07 Å². The molecule has 280 valence electrons. The van der Waals surface area contributed by atoms with Gasteiger partial charge in [0.15, 0.2) is 0 Å². The zero-order valence-electron chi connectivity index (χ0n) is 29.2. The van der Waals surface area contributed by atoms with Crippen LogP contribution in [-0.4, -0.2) is 105 Å². The van der Waals surface area contributed by atoms with Crippen molar-refractivity contribution < 1.29 is 33.4 Å². The summed E-state index contributed by atoms with van der Waals surface area (Å²) in [5.41, 5.74) is 13.5. The highest BCUT2D eigenvalue weighted by atomic mass is 35.5. The predicted molar refractivity (Wildman–Crippen MR) is 192 cm³/mol. The fraction of sp³-hybridized carbons (Fsp3) is 0.486. The molecule has 0 aliphatic carbocycles. The van der Waals surface area contributed by atoms with E-state index in [2.05, 4.69) is 26.6 Å². The maximum Gasteiger partial charge on any atom is 0.314 e. The van der Waals surface area contributed by atoms with Crippen molar-refractivity contribution in [2.75, 3.05) is 46.4 Å². The van der Waals surface area contributed by atoms with Gasteiger partial charge in [0.25, 0.3) is 0 Å². The molecular formula is C35H46ClN9O7. The average Bonchev–Trinajstić information content (AvgIpc) is 3.64. The van der Waals surface area contributed by atoms with Gasteiger partial charge in [0.1, 0.15) is 55.4 Å². The molecule has 0 aromatic heterocycles. The van der Waals surface area contributed by atoms with Gasteiger partial charge in [-0.1, -0.05) is 12.1 Å². The van der Waals surface area contributed by atoms with E-state index < -0.39 is 53.2 Å². The minimum atomic E-state index is -1.33. The zero-order chi connectivity index (χ0) is 37.8. The highest BCUT2D eigenvalue weighted by Gasteiger charge is 2.37. The van der Waals surface area contributed by atoms with Crippen LogP contribution in [0.4, 0.5) is 4.79 Å². The molecule has 0 radical (unpaired) electrons. The normalized spacial score (nSPS) is 20.6. The van der Waals surface area contributed by atoms with Crippen LogP contribution in [0.1, 0.15) is 43.4 Å². The van der Waals surface area contributed by atoms with Crippen LogP contribution < -0.4 is 47.5 Å². The second-order valence-corrected chi connectivity index (χ2v) is 12.9. The van der Waals surface area contributed by atoms with E-state index in [9.17, 15) is 24.0 Å². The molecule has 2 aliphatic heterocycles. The molecule has 5 amide bonds. The van der Waals surface area contributed by atoms with Crippen molar-refractivity contribution in [2.24, 2.45) is 11.5 Å². The smallest absolute Gasteiger partial charge is 0.314 e. The third-order valence-corrected chi connectivity index (χ3v) is 8.93. The summed E-state index contributed by atoms with van der Waals surface area (Å²) in [5.74, 6) is -1.77. The highest BCUT2D eigenvalue weighted by Crippen LogP contribution is 2.40. The van der Waals surface area contributed by atoms with Crippen molar-refractivity contribution in [3.63, 3.8) is 0 Å². The fourth-order valence-corrected chi connectivity index (χ4v) is 6.44. The maximum absolute atomic E-state index is 14.3. The van der Waals surface area contributed by atoms with Crippen LogP contribution in [0, 0.1) is 11.3 Å². The quantitative estimate of drug-likeness (QED) is 0.0830. The van der Waals surface area contributed by atoms with Crippen LogP contribution in [0.25, 0.3) is 11.1 Å². The number of nitrogens with zero attached hydrogens (tertiary/aromatic N) is 2. The number of likely N-dealkylation sites (N-methyl/N-ethyl adjacent to an activating group) is 1. The van der Waals surface area contributed by atoms with Gasteiger partial charge >= 0.3 is 5.37 Å². The van der Waals surface area contributed by atoms with Gasteiger partial charge in [0.2, 0.25) is 23.6 Å². The molecule has 4 rings (SSSR count). The van der Waals surface area contributed by atoms with E-state index in [1.807, 2.05) is 6.07 Å². The van der Waals surface area contributed by atoms with E-state index in [1.54, 1.807) is 36.4 Å². The van der Waals surface area contributed by atoms with Crippen LogP contribution in [0.2, 0.25) is 0 Å². The maximum atomic E-state index is 14.3.